The van der Waals surface area contributed by atoms with Crippen molar-refractivity contribution >= 4 is 44.8 Å². The highest BCUT2D eigenvalue weighted by Crippen LogP contribution is 2.24. The van der Waals surface area contributed by atoms with E-state index in [2.05, 4.69) is 15.9 Å². The molecule has 6 heteroatoms. The second kappa shape index (κ2) is 6.84. The van der Waals surface area contributed by atoms with Crippen molar-refractivity contribution in [2.45, 2.75) is 19.4 Å². The molecule has 0 unspecified atom stereocenters. The maximum Gasteiger partial charge on any atom is 0.253 e. The predicted molar refractivity (Wildman–Crippen MR) is 95.8 cm³/mol. The first-order valence-electron chi connectivity index (χ1n) is 7.43. The van der Waals surface area contributed by atoms with Gasteiger partial charge in [-0.15, -0.1) is 11.3 Å². The van der Waals surface area contributed by atoms with Gasteiger partial charge in [0, 0.05) is 46.0 Å². The second-order valence-corrected chi connectivity index (χ2v) is 7.50. The van der Waals surface area contributed by atoms with E-state index < -0.39 is 0 Å². The lowest BCUT2D eigenvalue weighted by molar-refractivity contribution is -0.117. The van der Waals surface area contributed by atoms with Crippen LogP contribution < -0.4 is 4.90 Å². The molecular weight excluding hydrogens is 376 g/mol. The van der Waals surface area contributed by atoms with Crippen LogP contribution in [0.15, 0.2) is 40.2 Å². The van der Waals surface area contributed by atoms with Crippen molar-refractivity contribution in [1.29, 1.82) is 0 Å². The Morgan fingerprint density at radius 2 is 2.22 bits per heavy atom. The molecular formula is C17H17BrN2O2S. The van der Waals surface area contributed by atoms with E-state index in [1.54, 1.807) is 34.3 Å². The number of rotatable bonds is 4. The molecule has 1 aromatic heterocycles. The molecule has 0 N–H and O–H groups in total. The van der Waals surface area contributed by atoms with E-state index in [9.17, 15) is 9.59 Å². The van der Waals surface area contributed by atoms with Gasteiger partial charge in [0.05, 0.1) is 6.54 Å². The zero-order chi connectivity index (χ0) is 16.4. The zero-order valence-electron chi connectivity index (χ0n) is 12.8. The molecule has 2 amide bonds. The molecule has 1 aliphatic rings. The molecule has 1 aromatic carbocycles. The van der Waals surface area contributed by atoms with Gasteiger partial charge in [-0.2, -0.15) is 0 Å². The molecule has 0 bridgehead atoms. The highest BCUT2D eigenvalue weighted by molar-refractivity contribution is 9.10. The van der Waals surface area contributed by atoms with Gasteiger partial charge in [-0.25, -0.2) is 0 Å². The van der Waals surface area contributed by atoms with Gasteiger partial charge in [0.2, 0.25) is 5.91 Å². The van der Waals surface area contributed by atoms with Crippen molar-refractivity contribution in [1.82, 2.24) is 4.90 Å². The molecule has 23 heavy (non-hydrogen) atoms. The highest BCUT2D eigenvalue weighted by Gasteiger charge is 2.22. The normalized spacial score (nSPS) is 14.3. The molecule has 3 rings (SSSR count). The van der Waals surface area contributed by atoms with E-state index in [0.29, 0.717) is 18.5 Å². The second-order valence-electron chi connectivity index (χ2n) is 5.59. The summed E-state index contributed by atoms with van der Waals surface area (Å²) >= 11 is 5.05. The van der Waals surface area contributed by atoms with E-state index in [-0.39, 0.29) is 11.8 Å². The van der Waals surface area contributed by atoms with Crippen molar-refractivity contribution in [2.75, 3.05) is 18.5 Å². The van der Waals surface area contributed by atoms with Crippen LogP contribution in [0.2, 0.25) is 0 Å². The van der Waals surface area contributed by atoms with Gasteiger partial charge in [0.15, 0.2) is 0 Å². The van der Waals surface area contributed by atoms with Crippen molar-refractivity contribution in [3.05, 3.63) is 50.6 Å². The number of thiophene rings is 1. The molecule has 1 aliphatic heterocycles. The molecule has 1 fully saturated rings. The topological polar surface area (TPSA) is 40.6 Å². The SMILES string of the molecule is CN(Cc1cc(Br)cs1)C(=O)c1cccc(N2CCCC2=O)c1. The molecule has 0 spiro atoms. The first kappa shape index (κ1) is 16.2. The highest BCUT2D eigenvalue weighted by atomic mass is 79.9. The van der Waals surface area contributed by atoms with Crippen molar-refractivity contribution < 1.29 is 9.59 Å². The summed E-state index contributed by atoms with van der Waals surface area (Å²) < 4.78 is 1.04. The summed E-state index contributed by atoms with van der Waals surface area (Å²) in [6.45, 7) is 1.30. The number of carbonyl (C=O) groups is 2. The van der Waals surface area contributed by atoms with Gasteiger partial charge < -0.3 is 9.80 Å². The minimum absolute atomic E-state index is 0.0389. The van der Waals surface area contributed by atoms with Gasteiger partial charge in [0.25, 0.3) is 5.91 Å². The minimum Gasteiger partial charge on any atom is -0.337 e. The summed E-state index contributed by atoms with van der Waals surface area (Å²) in [7, 11) is 1.80. The third kappa shape index (κ3) is 3.64. The van der Waals surface area contributed by atoms with E-state index >= 15 is 0 Å². The Kier molecular flexibility index (Phi) is 4.82. The fourth-order valence-corrected chi connectivity index (χ4v) is 4.19. The first-order chi connectivity index (χ1) is 11.0. The number of benzene rings is 1. The quantitative estimate of drug-likeness (QED) is 0.791. The van der Waals surface area contributed by atoms with Crippen molar-refractivity contribution in [3.8, 4) is 0 Å². The molecule has 1 saturated heterocycles. The minimum atomic E-state index is -0.0389. The van der Waals surface area contributed by atoms with Crippen LogP contribution in [0.25, 0.3) is 0 Å². The van der Waals surface area contributed by atoms with Gasteiger partial charge >= 0.3 is 0 Å². The Morgan fingerprint density at radius 1 is 1.39 bits per heavy atom. The van der Waals surface area contributed by atoms with Crippen LogP contribution in [0.5, 0.6) is 0 Å². The number of amides is 2. The molecule has 0 radical (unpaired) electrons. The average molecular weight is 393 g/mol. The fourth-order valence-electron chi connectivity index (χ4n) is 2.69. The number of nitrogens with zero attached hydrogens (tertiary/aromatic N) is 2. The van der Waals surface area contributed by atoms with E-state index in [1.165, 1.54) is 0 Å². The molecule has 120 valence electrons. The largest absolute Gasteiger partial charge is 0.337 e. The monoisotopic (exact) mass is 392 g/mol. The number of halogens is 1. The van der Waals surface area contributed by atoms with Crippen LogP contribution in [0.3, 0.4) is 0 Å². The third-order valence-corrected chi connectivity index (χ3v) is 5.52. The van der Waals surface area contributed by atoms with Gasteiger partial charge in [-0.05, 0) is 46.6 Å². The molecule has 0 aliphatic carbocycles. The molecule has 2 aromatic rings. The summed E-state index contributed by atoms with van der Waals surface area (Å²) in [5.74, 6) is 0.0920. The summed E-state index contributed by atoms with van der Waals surface area (Å²) in [6.07, 6.45) is 1.47. The lowest BCUT2D eigenvalue weighted by atomic mass is 10.1. The molecule has 4 nitrogen and oxygen atoms in total. The van der Waals surface area contributed by atoms with Gasteiger partial charge in [0.1, 0.15) is 0 Å². The summed E-state index contributed by atoms with van der Waals surface area (Å²) in [4.78, 5) is 29.1. The van der Waals surface area contributed by atoms with Crippen LogP contribution in [0.1, 0.15) is 28.1 Å². The molecule has 0 atom stereocenters. The third-order valence-electron chi connectivity index (χ3n) is 3.84. The van der Waals surface area contributed by atoms with E-state index in [0.717, 1.165) is 28.0 Å². The number of hydrogen-bond donors (Lipinski definition) is 0. The van der Waals surface area contributed by atoms with Crippen LogP contribution in [-0.2, 0) is 11.3 Å². The standard InChI is InChI=1S/C17H17BrN2O2S/c1-19(10-15-9-13(18)11-23-15)17(22)12-4-2-5-14(8-12)20-7-3-6-16(20)21/h2,4-5,8-9,11H,3,6-7,10H2,1H3. The zero-order valence-corrected chi connectivity index (χ0v) is 15.2. The smallest absolute Gasteiger partial charge is 0.253 e. The Bertz CT molecular complexity index is 744. The van der Waals surface area contributed by atoms with Crippen LogP contribution in [-0.4, -0.2) is 30.3 Å². The Hall–Kier alpha value is -1.66. The summed E-state index contributed by atoms with van der Waals surface area (Å²) in [6, 6.07) is 9.35. The van der Waals surface area contributed by atoms with Crippen LogP contribution in [0, 0.1) is 0 Å². The lowest BCUT2D eigenvalue weighted by Gasteiger charge is -2.19. The van der Waals surface area contributed by atoms with E-state index in [4.69, 9.17) is 0 Å². The maximum absolute atomic E-state index is 12.6. The number of carbonyl (C=O) groups excluding carboxylic acids is 2. The lowest BCUT2D eigenvalue weighted by Crippen LogP contribution is -2.27. The summed E-state index contributed by atoms with van der Waals surface area (Å²) in [5, 5.41) is 2.01. The van der Waals surface area contributed by atoms with Gasteiger partial charge in [-0.1, -0.05) is 6.07 Å². The summed E-state index contributed by atoms with van der Waals surface area (Å²) in [5.41, 5.74) is 1.42. The van der Waals surface area contributed by atoms with Gasteiger partial charge in [-0.3, -0.25) is 9.59 Å². The number of anilines is 1. The molecule has 0 saturated carbocycles. The molecule has 2 heterocycles. The first-order valence-corrected chi connectivity index (χ1v) is 9.10. The van der Waals surface area contributed by atoms with E-state index in [1.807, 2.05) is 29.6 Å². The Labute approximate surface area is 147 Å². The fraction of sp³-hybridized carbons (Fsp3) is 0.294. The maximum atomic E-state index is 12.6. The van der Waals surface area contributed by atoms with Crippen molar-refractivity contribution in [3.63, 3.8) is 0 Å². The van der Waals surface area contributed by atoms with Crippen LogP contribution >= 0.6 is 27.3 Å². The van der Waals surface area contributed by atoms with Crippen LogP contribution in [0.4, 0.5) is 5.69 Å². The van der Waals surface area contributed by atoms with Crippen molar-refractivity contribution in [2.24, 2.45) is 0 Å². The Morgan fingerprint density at radius 3 is 2.87 bits per heavy atom. The predicted octanol–water partition coefficient (Wildman–Crippen LogP) is 3.91. The average Bonchev–Trinajstić information content (AvgIpc) is 3.15. The Balaban J connectivity index is 1.75. The number of hydrogen-bond acceptors (Lipinski definition) is 3.